The Kier molecular flexibility index (Phi) is 7.47. The molecule has 0 aromatic heterocycles. The van der Waals surface area contributed by atoms with Gasteiger partial charge >= 0.3 is 0 Å². The highest BCUT2D eigenvalue weighted by Gasteiger charge is 2.33. The first-order valence-electron chi connectivity index (χ1n) is 9.43. The molecule has 1 aliphatic rings. The first-order chi connectivity index (χ1) is 12.3. The van der Waals surface area contributed by atoms with Crippen LogP contribution in [-0.4, -0.2) is 24.9 Å². The second-order valence-electron chi connectivity index (χ2n) is 7.79. The molecule has 2 rings (SSSR count). The van der Waals surface area contributed by atoms with Crippen LogP contribution in [-0.2, 0) is 4.79 Å². The van der Waals surface area contributed by atoms with Crippen molar-refractivity contribution in [3.63, 3.8) is 0 Å². The summed E-state index contributed by atoms with van der Waals surface area (Å²) in [5.74, 6) is 0.113. The Bertz CT molecular complexity index is 640. The Labute approximate surface area is 161 Å². The number of halogens is 1. The molecule has 0 unspecified atom stereocenters. The van der Waals surface area contributed by atoms with E-state index in [9.17, 15) is 9.59 Å². The first-order valence-corrected chi connectivity index (χ1v) is 9.81. The van der Waals surface area contributed by atoms with Gasteiger partial charge in [-0.2, -0.15) is 0 Å². The quantitative estimate of drug-likeness (QED) is 0.670. The van der Waals surface area contributed by atoms with Crippen molar-refractivity contribution in [2.24, 2.45) is 17.1 Å². The van der Waals surface area contributed by atoms with Crippen LogP contribution in [0.3, 0.4) is 0 Å². The molecule has 0 heterocycles. The van der Waals surface area contributed by atoms with Gasteiger partial charge < -0.3 is 16.4 Å². The zero-order valence-corrected chi connectivity index (χ0v) is 16.5. The summed E-state index contributed by atoms with van der Waals surface area (Å²) in [6, 6.07) is 4.98. The summed E-state index contributed by atoms with van der Waals surface area (Å²) >= 11 is 6.24. The van der Waals surface area contributed by atoms with E-state index in [2.05, 4.69) is 10.6 Å². The number of nitrogens with two attached hydrogens (primary N) is 1. The van der Waals surface area contributed by atoms with Gasteiger partial charge in [-0.05, 0) is 48.9 Å². The summed E-state index contributed by atoms with van der Waals surface area (Å²) < 4.78 is 0. The molecule has 0 bridgehead atoms. The average molecular weight is 380 g/mol. The summed E-state index contributed by atoms with van der Waals surface area (Å²) in [6.45, 7) is 5.19. The lowest BCUT2D eigenvalue weighted by molar-refractivity contribution is -0.118. The Balaban J connectivity index is 1.98. The van der Waals surface area contributed by atoms with Gasteiger partial charge in [0, 0.05) is 18.7 Å². The molecule has 1 aliphatic carbocycles. The highest BCUT2D eigenvalue weighted by Crippen LogP contribution is 2.38. The molecule has 4 N–H and O–H groups in total. The van der Waals surface area contributed by atoms with E-state index in [1.54, 1.807) is 18.2 Å². The van der Waals surface area contributed by atoms with Gasteiger partial charge in [-0.15, -0.1) is 0 Å². The van der Waals surface area contributed by atoms with Crippen LogP contribution in [0.25, 0.3) is 0 Å². The van der Waals surface area contributed by atoms with E-state index in [1.165, 1.54) is 6.42 Å². The van der Waals surface area contributed by atoms with E-state index >= 15 is 0 Å². The second kappa shape index (κ2) is 9.38. The molecule has 6 heteroatoms. The normalized spacial score (nSPS) is 16.3. The molecule has 1 aromatic carbocycles. The summed E-state index contributed by atoms with van der Waals surface area (Å²) in [6.07, 6.45) is 5.93. The topological polar surface area (TPSA) is 84.2 Å². The SMILES string of the molecule is CC(C)CNC(=O)c1ccc(NC(=O)CC2(CN)CCCCC2)cc1Cl. The van der Waals surface area contributed by atoms with Crippen molar-refractivity contribution in [3.8, 4) is 0 Å². The fraction of sp³-hybridized carbons (Fsp3) is 0.600. The van der Waals surface area contributed by atoms with Crippen molar-refractivity contribution in [2.45, 2.75) is 52.4 Å². The van der Waals surface area contributed by atoms with Crippen molar-refractivity contribution >= 4 is 29.1 Å². The predicted octanol–water partition coefficient (Wildman–Crippen LogP) is 3.96. The number of carbonyl (C=O) groups is 2. The van der Waals surface area contributed by atoms with E-state index < -0.39 is 0 Å². The minimum Gasteiger partial charge on any atom is -0.352 e. The third-order valence-corrected chi connectivity index (χ3v) is 5.36. The van der Waals surface area contributed by atoms with Crippen molar-refractivity contribution in [2.75, 3.05) is 18.4 Å². The number of amides is 2. The van der Waals surface area contributed by atoms with E-state index in [1.807, 2.05) is 13.8 Å². The third kappa shape index (κ3) is 5.71. The van der Waals surface area contributed by atoms with Gasteiger partial charge in [0.05, 0.1) is 10.6 Å². The maximum atomic E-state index is 12.5. The third-order valence-electron chi connectivity index (χ3n) is 5.05. The molecule has 0 radical (unpaired) electrons. The van der Waals surface area contributed by atoms with Crippen LogP contribution >= 0.6 is 11.6 Å². The van der Waals surface area contributed by atoms with E-state index in [0.29, 0.717) is 41.7 Å². The van der Waals surface area contributed by atoms with Crippen LogP contribution in [0.5, 0.6) is 0 Å². The molecule has 1 saturated carbocycles. The highest BCUT2D eigenvalue weighted by molar-refractivity contribution is 6.34. The standard InChI is InChI=1S/C20H30ClN3O2/c1-14(2)12-23-19(26)16-7-6-15(10-17(16)21)24-18(25)11-20(13-22)8-4-3-5-9-20/h6-7,10,14H,3-5,8-9,11-13,22H2,1-2H3,(H,23,26)(H,24,25). The molecule has 1 aromatic rings. The molecule has 5 nitrogen and oxygen atoms in total. The lowest BCUT2D eigenvalue weighted by atomic mass is 9.71. The van der Waals surface area contributed by atoms with Crippen LogP contribution in [0.15, 0.2) is 18.2 Å². The number of carbonyl (C=O) groups excluding carboxylic acids is 2. The molecule has 2 amide bonds. The zero-order valence-electron chi connectivity index (χ0n) is 15.7. The van der Waals surface area contributed by atoms with Gasteiger partial charge in [-0.25, -0.2) is 0 Å². The summed E-state index contributed by atoms with van der Waals surface area (Å²) in [4.78, 5) is 24.6. The Hall–Kier alpha value is -1.59. The average Bonchev–Trinajstić information content (AvgIpc) is 2.60. The smallest absolute Gasteiger partial charge is 0.252 e. The predicted molar refractivity (Wildman–Crippen MR) is 106 cm³/mol. The lowest BCUT2D eigenvalue weighted by Crippen LogP contribution is -2.36. The van der Waals surface area contributed by atoms with Gasteiger partial charge in [0.25, 0.3) is 5.91 Å². The molecular formula is C20H30ClN3O2. The van der Waals surface area contributed by atoms with Crippen LogP contribution in [0.4, 0.5) is 5.69 Å². The molecule has 0 atom stereocenters. The monoisotopic (exact) mass is 379 g/mol. The van der Waals surface area contributed by atoms with Gasteiger partial charge in [0.15, 0.2) is 0 Å². The van der Waals surface area contributed by atoms with Crippen molar-refractivity contribution in [1.29, 1.82) is 0 Å². The minimum atomic E-state index is -0.203. The summed E-state index contributed by atoms with van der Waals surface area (Å²) in [5, 5.41) is 6.07. The fourth-order valence-electron chi connectivity index (χ4n) is 3.47. The van der Waals surface area contributed by atoms with Crippen LogP contribution in [0.2, 0.25) is 5.02 Å². The molecule has 144 valence electrons. The molecule has 26 heavy (non-hydrogen) atoms. The second-order valence-corrected chi connectivity index (χ2v) is 8.20. The molecule has 0 aliphatic heterocycles. The molecular weight excluding hydrogens is 350 g/mol. The number of hydrogen-bond acceptors (Lipinski definition) is 3. The van der Waals surface area contributed by atoms with E-state index in [4.69, 9.17) is 17.3 Å². The maximum absolute atomic E-state index is 12.5. The Morgan fingerprint density at radius 3 is 2.50 bits per heavy atom. The summed E-state index contributed by atoms with van der Waals surface area (Å²) in [7, 11) is 0. The number of rotatable bonds is 7. The first kappa shape index (κ1) is 20.7. The summed E-state index contributed by atoms with van der Waals surface area (Å²) in [5.41, 5.74) is 6.89. The largest absolute Gasteiger partial charge is 0.352 e. The van der Waals surface area contributed by atoms with Gasteiger partial charge in [-0.1, -0.05) is 44.7 Å². The highest BCUT2D eigenvalue weighted by atomic mass is 35.5. The van der Waals surface area contributed by atoms with Crippen molar-refractivity contribution in [1.82, 2.24) is 5.32 Å². The number of anilines is 1. The van der Waals surface area contributed by atoms with Gasteiger partial charge in [0.1, 0.15) is 0 Å². The molecule has 0 saturated heterocycles. The Morgan fingerprint density at radius 2 is 1.92 bits per heavy atom. The van der Waals surface area contributed by atoms with E-state index in [0.717, 1.165) is 25.7 Å². The van der Waals surface area contributed by atoms with Gasteiger partial charge in [-0.3, -0.25) is 9.59 Å². The molecule has 1 fully saturated rings. The molecule has 0 spiro atoms. The van der Waals surface area contributed by atoms with Crippen LogP contribution < -0.4 is 16.4 Å². The number of hydrogen-bond donors (Lipinski definition) is 3. The van der Waals surface area contributed by atoms with Crippen molar-refractivity contribution in [3.05, 3.63) is 28.8 Å². The Morgan fingerprint density at radius 1 is 1.23 bits per heavy atom. The number of nitrogens with one attached hydrogen (secondary N) is 2. The maximum Gasteiger partial charge on any atom is 0.252 e. The van der Waals surface area contributed by atoms with Crippen molar-refractivity contribution < 1.29 is 9.59 Å². The number of benzene rings is 1. The van der Waals surface area contributed by atoms with E-state index in [-0.39, 0.29) is 17.2 Å². The zero-order chi connectivity index (χ0) is 19.2. The minimum absolute atomic E-state index is 0.0505. The lowest BCUT2D eigenvalue weighted by Gasteiger charge is -2.35. The fourth-order valence-corrected chi connectivity index (χ4v) is 3.74. The van der Waals surface area contributed by atoms with Crippen LogP contribution in [0.1, 0.15) is 62.7 Å². The van der Waals surface area contributed by atoms with Gasteiger partial charge in [0.2, 0.25) is 5.91 Å². The van der Waals surface area contributed by atoms with Crippen LogP contribution in [0, 0.1) is 11.3 Å².